The molecular weight excluding hydrogens is 435 g/mol. The van der Waals surface area contributed by atoms with Gasteiger partial charge in [-0.1, -0.05) is 41.9 Å². The summed E-state index contributed by atoms with van der Waals surface area (Å²) in [4.78, 5) is 12.2. The summed E-state index contributed by atoms with van der Waals surface area (Å²) in [6.07, 6.45) is -5.45. The fourth-order valence-corrected chi connectivity index (χ4v) is 3.41. The molecule has 0 heterocycles. The van der Waals surface area contributed by atoms with Crippen LogP contribution in [0.5, 0.6) is 0 Å². The number of hydrogen-bond acceptors (Lipinski definition) is 3. The largest absolute Gasteiger partial charge is 0.598 e. The summed E-state index contributed by atoms with van der Waals surface area (Å²) in [5.74, 6) is -1.52. The van der Waals surface area contributed by atoms with Crippen molar-refractivity contribution in [2.75, 3.05) is 0 Å². The van der Waals surface area contributed by atoms with E-state index in [0.717, 1.165) is 13.8 Å². The van der Waals surface area contributed by atoms with E-state index in [1.54, 1.807) is 20.8 Å². The molecule has 26 heavy (non-hydrogen) atoms. The molecule has 2 N–H and O–H groups in total. The van der Waals surface area contributed by atoms with Crippen LogP contribution in [0, 0.1) is 5.41 Å². The molecule has 0 bridgehead atoms. The Labute approximate surface area is 163 Å². The highest BCUT2D eigenvalue weighted by molar-refractivity contribution is 9.10. The topological polar surface area (TPSA) is 72.4 Å². The third kappa shape index (κ3) is 5.15. The smallest absolute Gasteiger partial charge is 0.394 e. The molecule has 9 heteroatoms. The number of carboxylic acid groups (broad SMARTS) is 1. The van der Waals surface area contributed by atoms with Crippen LogP contribution in [0.25, 0.3) is 0 Å². The third-order valence-corrected chi connectivity index (χ3v) is 6.17. The van der Waals surface area contributed by atoms with E-state index in [1.807, 2.05) is 0 Å². The average molecular weight is 458 g/mol. The first-order chi connectivity index (χ1) is 11.5. The fourth-order valence-electron chi connectivity index (χ4n) is 2.25. The molecule has 1 aromatic carbocycles. The van der Waals surface area contributed by atoms with Crippen molar-refractivity contribution >= 4 is 33.3 Å². The maximum atomic E-state index is 13.5. The van der Waals surface area contributed by atoms with E-state index in [1.165, 1.54) is 24.3 Å². The molecule has 0 saturated carbocycles. The van der Waals surface area contributed by atoms with Gasteiger partial charge < -0.3 is 9.66 Å². The quantitative estimate of drug-likeness (QED) is 0.603. The number of benzene rings is 1. The van der Waals surface area contributed by atoms with Gasteiger partial charge in [0.15, 0.2) is 5.54 Å². The Balaban J connectivity index is 3.56. The predicted octanol–water partition coefficient (Wildman–Crippen LogP) is 4.76. The Kier molecular flexibility index (Phi) is 6.88. The molecule has 0 aliphatic heterocycles. The van der Waals surface area contributed by atoms with Gasteiger partial charge in [-0.15, -0.1) is 4.72 Å². The molecule has 148 valence electrons. The second-order valence-electron chi connectivity index (χ2n) is 7.76. The molecule has 4 nitrogen and oxygen atoms in total. The molecule has 0 aliphatic rings. The lowest BCUT2D eigenvalue weighted by molar-refractivity contribution is -0.219. The van der Waals surface area contributed by atoms with Gasteiger partial charge in [0.05, 0.1) is 5.41 Å². The Morgan fingerprint density at radius 3 is 1.96 bits per heavy atom. The maximum absolute atomic E-state index is 13.5. The van der Waals surface area contributed by atoms with Crippen LogP contribution in [0.4, 0.5) is 13.2 Å². The van der Waals surface area contributed by atoms with Crippen LogP contribution in [-0.4, -0.2) is 26.6 Å². The van der Waals surface area contributed by atoms with Gasteiger partial charge in [0.25, 0.3) is 0 Å². The summed E-state index contributed by atoms with van der Waals surface area (Å²) >= 11 is 1.31. The highest BCUT2D eigenvalue weighted by Crippen LogP contribution is 2.46. The minimum Gasteiger partial charge on any atom is -0.598 e. The molecule has 2 atom stereocenters. The predicted molar refractivity (Wildman–Crippen MR) is 98.9 cm³/mol. The summed E-state index contributed by atoms with van der Waals surface area (Å²) in [5.41, 5.74) is -4.39. The lowest BCUT2D eigenvalue weighted by Crippen LogP contribution is -2.58. The molecule has 0 unspecified atom stereocenters. The number of alkyl halides is 3. The third-order valence-electron chi connectivity index (χ3n) is 4.00. The second-order valence-corrected chi connectivity index (χ2v) is 10.6. The normalized spacial score (nSPS) is 16.8. The molecule has 0 amide bonds. The van der Waals surface area contributed by atoms with Crippen LogP contribution < -0.4 is 4.72 Å². The van der Waals surface area contributed by atoms with E-state index in [4.69, 9.17) is 0 Å². The van der Waals surface area contributed by atoms with Crippen molar-refractivity contribution in [2.45, 2.75) is 57.5 Å². The number of aliphatic carboxylic acids is 1. The maximum Gasteiger partial charge on any atom is 0.394 e. The monoisotopic (exact) mass is 457 g/mol. The van der Waals surface area contributed by atoms with Gasteiger partial charge in [-0.2, -0.15) is 13.2 Å². The van der Waals surface area contributed by atoms with E-state index in [2.05, 4.69) is 20.7 Å². The Morgan fingerprint density at radius 1 is 1.15 bits per heavy atom. The molecule has 0 fully saturated rings. The van der Waals surface area contributed by atoms with Crippen molar-refractivity contribution in [3.05, 3.63) is 34.3 Å². The van der Waals surface area contributed by atoms with Gasteiger partial charge in [0.1, 0.15) is 4.75 Å². The molecule has 0 saturated heterocycles. The molecule has 0 aromatic heterocycles. The van der Waals surface area contributed by atoms with Gasteiger partial charge in [0.2, 0.25) is 0 Å². The number of nitrogens with one attached hydrogen (secondary N) is 1. The molecule has 0 radical (unpaired) electrons. The summed E-state index contributed by atoms with van der Waals surface area (Å²) in [5, 5.41) is 9.91. The van der Waals surface area contributed by atoms with E-state index < -0.39 is 45.6 Å². The zero-order valence-corrected chi connectivity index (χ0v) is 17.6. The highest BCUT2D eigenvalue weighted by Gasteiger charge is 2.57. The Hall–Kier alpha value is -0.770. The molecule has 0 aliphatic carbocycles. The van der Waals surface area contributed by atoms with Crippen LogP contribution in [0.2, 0.25) is 0 Å². The molecular formula is C17H23BrF3NO3S. The minimum atomic E-state index is -4.63. The number of carboxylic acids is 1. The number of hydrogen-bond donors (Lipinski definition) is 2. The van der Waals surface area contributed by atoms with Crippen molar-refractivity contribution in [1.29, 1.82) is 0 Å². The Bertz CT molecular complexity index is 644. The van der Waals surface area contributed by atoms with E-state index in [-0.39, 0.29) is 5.56 Å². The zero-order chi connectivity index (χ0) is 20.6. The highest BCUT2D eigenvalue weighted by atomic mass is 79.9. The van der Waals surface area contributed by atoms with E-state index in [9.17, 15) is 27.6 Å². The fraction of sp³-hybridized carbons (Fsp3) is 0.588. The first-order valence-electron chi connectivity index (χ1n) is 7.79. The van der Waals surface area contributed by atoms with E-state index >= 15 is 0 Å². The van der Waals surface area contributed by atoms with Gasteiger partial charge in [-0.25, -0.2) is 4.79 Å². The first kappa shape index (κ1) is 23.3. The van der Waals surface area contributed by atoms with Crippen molar-refractivity contribution in [2.24, 2.45) is 5.41 Å². The van der Waals surface area contributed by atoms with Gasteiger partial charge in [-0.3, -0.25) is 0 Å². The van der Waals surface area contributed by atoms with Crippen LogP contribution >= 0.6 is 15.9 Å². The van der Waals surface area contributed by atoms with Crippen molar-refractivity contribution < 1.29 is 27.6 Å². The van der Waals surface area contributed by atoms with Crippen molar-refractivity contribution in [3.8, 4) is 0 Å². The molecule has 1 aromatic rings. The van der Waals surface area contributed by atoms with Crippen LogP contribution in [0.15, 0.2) is 28.7 Å². The van der Waals surface area contributed by atoms with Crippen LogP contribution in [0.3, 0.4) is 0 Å². The summed E-state index contributed by atoms with van der Waals surface area (Å²) in [6.45, 7) is 6.70. The van der Waals surface area contributed by atoms with Gasteiger partial charge >= 0.3 is 12.1 Å². The second kappa shape index (κ2) is 7.69. The standard InChI is InChI=1S/C17H23BrF3NO3S/c1-14(2,3)26(25)22-16(13(23)24,10-15(4,5)17(19,20)21)11-6-8-12(18)9-7-11/h6-9,22H,10H2,1-5H3,(H,23,24)/t16-,26+/m1/s1. The first-order valence-corrected chi connectivity index (χ1v) is 9.73. The molecule has 1 rings (SSSR count). The zero-order valence-electron chi connectivity index (χ0n) is 15.2. The van der Waals surface area contributed by atoms with Crippen molar-refractivity contribution in [1.82, 2.24) is 4.72 Å². The lowest BCUT2D eigenvalue weighted by atomic mass is 9.75. The Morgan fingerprint density at radius 2 is 1.62 bits per heavy atom. The number of rotatable bonds is 6. The van der Waals surface area contributed by atoms with Gasteiger partial charge in [0, 0.05) is 15.8 Å². The molecule has 0 spiro atoms. The SMILES string of the molecule is CC(C)(C)[S@+]([O-])N[C@@](CC(C)(C)C(F)(F)F)(C(=O)O)c1ccc(Br)cc1. The van der Waals surface area contributed by atoms with Crippen LogP contribution in [0.1, 0.15) is 46.6 Å². The number of halogens is 4. The number of carbonyl (C=O) groups is 1. The lowest BCUT2D eigenvalue weighted by Gasteiger charge is -2.40. The summed E-state index contributed by atoms with van der Waals surface area (Å²) in [6, 6.07) is 5.90. The summed E-state index contributed by atoms with van der Waals surface area (Å²) in [7, 11) is 0. The minimum absolute atomic E-state index is 0.100. The van der Waals surface area contributed by atoms with E-state index in [0.29, 0.717) is 4.47 Å². The van der Waals surface area contributed by atoms with Crippen LogP contribution in [-0.2, 0) is 21.7 Å². The van der Waals surface area contributed by atoms with Crippen molar-refractivity contribution in [3.63, 3.8) is 0 Å². The van der Waals surface area contributed by atoms with Gasteiger partial charge in [-0.05, 0) is 44.9 Å². The summed E-state index contributed by atoms with van der Waals surface area (Å²) < 4.78 is 55.3. The average Bonchev–Trinajstić information content (AvgIpc) is 2.44.